The van der Waals surface area contributed by atoms with Crippen LogP contribution < -0.4 is 0 Å². The third kappa shape index (κ3) is 3.69. The van der Waals surface area contributed by atoms with Gasteiger partial charge in [0.05, 0.1) is 23.8 Å². The Balaban J connectivity index is 1.21. The molecule has 0 aliphatic heterocycles. The predicted molar refractivity (Wildman–Crippen MR) is 192 cm³/mol. The molecule has 46 heavy (non-hydrogen) atoms. The summed E-state index contributed by atoms with van der Waals surface area (Å²) in [4.78, 5) is 14.2. The van der Waals surface area contributed by atoms with Gasteiger partial charge in [-0.2, -0.15) is 0 Å². The van der Waals surface area contributed by atoms with E-state index >= 15 is 0 Å². The third-order valence-electron chi connectivity index (χ3n) is 9.50. The number of fused-ring (bicyclic) bond motifs is 2. The normalized spacial score (nSPS) is 11.9. The van der Waals surface area contributed by atoms with E-state index in [1.54, 1.807) is 6.20 Å². The average molecular weight is 584 g/mol. The van der Waals surface area contributed by atoms with Crippen molar-refractivity contribution in [1.29, 1.82) is 0 Å². The van der Waals surface area contributed by atoms with Crippen LogP contribution in [0.2, 0.25) is 0 Å². The Hall–Kier alpha value is -6.19. The summed E-state index contributed by atoms with van der Waals surface area (Å²) in [6.07, 6.45) is 5.58. The van der Waals surface area contributed by atoms with Gasteiger partial charge < -0.3 is 0 Å². The molecule has 0 N–H and O–H groups in total. The summed E-state index contributed by atoms with van der Waals surface area (Å²) in [5, 5.41) is 15.4. The molecule has 0 fully saturated rings. The molecule has 0 atom stereocenters. The van der Waals surface area contributed by atoms with Crippen LogP contribution in [0, 0.1) is 0 Å². The second kappa shape index (κ2) is 9.65. The van der Waals surface area contributed by atoms with Crippen LogP contribution in [-0.4, -0.2) is 15.0 Å². The molecule has 0 unspecified atom stereocenters. The second-order valence-corrected chi connectivity index (χ2v) is 12.0. The van der Waals surface area contributed by atoms with Gasteiger partial charge in [0, 0.05) is 17.3 Å². The van der Waals surface area contributed by atoms with Gasteiger partial charge in [0.1, 0.15) is 5.69 Å². The van der Waals surface area contributed by atoms with E-state index in [-0.39, 0.29) is 0 Å². The number of benzene rings is 7. The minimum absolute atomic E-state index is 0.755. The Morgan fingerprint density at radius 2 is 0.826 bits per heavy atom. The van der Waals surface area contributed by atoms with E-state index in [4.69, 9.17) is 4.98 Å². The van der Waals surface area contributed by atoms with Crippen molar-refractivity contribution in [3.05, 3.63) is 152 Å². The van der Waals surface area contributed by atoms with Crippen LogP contribution in [0.15, 0.2) is 152 Å². The molecular formula is C43H25N3. The fraction of sp³-hybridized carbons (Fsp3) is 0. The van der Waals surface area contributed by atoms with E-state index in [0.29, 0.717) is 0 Å². The molecule has 0 bridgehead atoms. The number of aromatic nitrogens is 3. The van der Waals surface area contributed by atoms with E-state index in [9.17, 15) is 0 Å². The van der Waals surface area contributed by atoms with Gasteiger partial charge in [0.15, 0.2) is 0 Å². The molecule has 2 heterocycles. The monoisotopic (exact) mass is 583 g/mol. The molecule has 2 aromatic heterocycles. The number of pyridine rings is 1. The lowest BCUT2D eigenvalue weighted by molar-refractivity contribution is 1.18. The molecule has 3 heteroatoms. The Labute approximate surface area is 264 Å². The maximum atomic E-state index is 4.86. The molecule has 212 valence electrons. The molecule has 0 radical (unpaired) electrons. The first kappa shape index (κ1) is 25.2. The lowest BCUT2D eigenvalue weighted by Gasteiger charge is -2.17. The van der Waals surface area contributed by atoms with Crippen molar-refractivity contribution in [1.82, 2.24) is 15.0 Å². The van der Waals surface area contributed by atoms with Gasteiger partial charge in [-0.3, -0.25) is 15.0 Å². The summed E-state index contributed by atoms with van der Waals surface area (Å²) >= 11 is 0. The van der Waals surface area contributed by atoms with Gasteiger partial charge in [0.25, 0.3) is 0 Å². The minimum atomic E-state index is 0.755. The van der Waals surface area contributed by atoms with Gasteiger partial charge in [0.2, 0.25) is 0 Å². The molecule has 0 spiro atoms. The fourth-order valence-electron chi connectivity index (χ4n) is 7.39. The number of hydrogen-bond donors (Lipinski definition) is 0. The van der Waals surface area contributed by atoms with Crippen molar-refractivity contribution >= 4 is 64.6 Å². The van der Waals surface area contributed by atoms with Crippen molar-refractivity contribution in [2.45, 2.75) is 0 Å². The van der Waals surface area contributed by atoms with Crippen molar-refractivity contribution in [3.8, 4) is 33.8 Å². The quantitative estimate of drug-likeness (QED) is 0.194. The Kier molecular flexibility index (Phi) is 5.28. The first-order valence-electron chi connectivity index (χ1n) is 15.6. The Bertz CT molecular complexity index is 2760. The maximum Gasteiger partial charge on any atom is 0.107 e. The van der Waals surface area contributed by atoms with Crippen LogP contribution in [-0.2, 0) is 0 Å². The van der Waals surface area contributed by atoms with E-state index in [1.807, 2.05) is 48.8 Å². The van der Waals surface area contributed by atoms with Gasteiger partial charge in [-0.05, 0) is 88.4 Å². The number of hydrogen-bond acceptors (Lipinski definition) is 3. The van der Waals surface area contributed by atoms with Crippen molar-refractivity contribution in [3.63, 3.8) is 0 Å². The van der Waals surface area contributed by atoms with Gasteiger partial charge in [-0.15, -0.1) is 0 Å². The number of rotatable bonds is 3. The van der Waals surface area contributed by atoms with Gasteiger partial charge >= 0.3 is 0 Å². The Morgan fingerprint density at radius 1 is 0.283 bits per heavy atom. The molecule has 0 saturated heterocycles. The summed E-state index contributed by atoms with van der Waals surface area (Å²) in [5.74, 6) is 0. The maximum absolute atomic E-state index is 4.86. The summed E-state index contributed by atoms with van der Waals surface area (Å²) in [6.45, 7) is 0. The standard InChI is InChI=1S/C43H25N3/c1-2-7-26(8-3-1)38-24-46-39(25-45-38)37-20-19-31(23-44-37)32-21-30-18-17-29-10-5-13-34-33-12-4-9-27-15-16-28-11-6-14-35(42(28)40(27)33)36(22-32)43(30)41(29)34/h1-25H. The zero-order valence-electron chi connectivity index (χ0n) is 24.8. The smallest absolute Gasteiger partial charge is 0.107 e. The SMILES string of the molecule is c1ccc(-c2cnc(-c3ccc(-c4cc5ccc6cccc7c8cccc9ccc%10cccc(c(c4)c5c67)c%10c98)cn3)cn2)cc1. The summed E-state index contributed by atoms with van der Waals surface area (Å²) in [7, 11) is 0. The fourth-order valence-corrected chi connectivity index (χ4v) is 7.39. The minimum Gasteiger partial charge on any atom is -0.254 e. The van der Waals surface area contributed by atoms with Crippen molar-refractivity contribution in [2.75, 3.05) is 0 Å². The van der Waals surface area contributed by atoms with Crippen molar-refractivity contribution < 1.29 is 0 Å². The van der Waals surface area contributed by atoms with Crippen LogP contribution in [0.3, 0.4) is 0 Å². The van der Waals surface area contributed by atoms with E-state index in [1.165, 1.54) is 64.6 Å². The lowest BCUT2D eigenvalue weighted by Crippen LogP contribution is -1.92. The van der Waals surface area contributed by atoms with Crippen LogP contribution in [0.25, 0.3) is 98.4 Å². The van der Waals surface area contributed by atoms with Crippen LogP contribution in [0.4, 0.5) is 0 Å². The molecule has 3 nitrogen and oxygen atoms in total. The predicted octanol–water partition coefficient (Wildman–Crippen LogP) is 11.2. The highest BCUT2D eigenvalue weighted by Crippen LogP contribution is 2.44. The van der Waals surface area contributed by atoms with E-state index in [2.05, 4.69) is 107 Å². The molecule has 8 aromatic carbocycles. The summed E-state index contributed by atoms with van der Waals surface area (Å²) in [5.41, 5.74) is 5.66. The van der Waals surface area contributed by atoms with Crippen LogP contribution in [0.5, 0.6) is 0 Å². The van der Waals surface area contributed by atoms with E-state index < -0.39 is 0 Å². The topological polar surface area (TPSA) is 38.7 Å². The largest absolute Gasteiger partial charge is 0.254 e. The first-order valence-corrected chi connectivity index (χ1v) is 15.6. The molecular weight excluding hydrogens is 558 g/mol. The van der Waals surface area contributed by atoms with Crippen LogP contribution in [0.1, 0.15) is 0 Å². The highest BCUT2D eigenvalue weighted by atomic mass is 14.8. The first-order chi connectivity index (χ1) is 22.8. The number of nitrogens with zero attached hydrogens (tertiary/aromatic N) is 3. The zero-order valence-corrected chi connectivity index (χ0v) is 24.8. The Morgan fingerprint density at radius 3 is 1.41 bits per heavy atom. The lowest BCUT2D eigenvalue weighted by atomic mass is 9.86. The van der Waals surface area contributed by atoms with Crippen LogP contribution >= 0.6 is 0 Å². The highest BCUT2D eigenvalue weighted by Gasteiger charge is 2.16. The van der Waals surface area contributed by atoms with Crippen molar-refractivity contribution in [2.24, 2.45) is 0 Å². The average Bonchev–Trinajstić information content (AvgIpc) is 3.13. The second-order valence-electron chi connectivity index (χ2n) is 12.0. The highest BCUT2D eigenvalue weighted by molar-refractivity contribution is 6.37. The van der Waals surface area contributed by atoms with Gasteiger partial charge in [-0.25, -0.2) is 0 Å². The zero-order chi connectivity index (χ0) is 30.2. The van der Waals surface area contributed by atoms with E-state index in [0.717, 1.165) is 33.8 Å². The third-order valence-corrected chi connectivity index (χ3v) is 9.50. The summed E-state index contributed by atoms with van der Waals surface area (Å²) < 4.78 is 0. The summed E-state index contributed by atoms with van der Waals surface area (Å²) in [6, 6.07) is 48.2. The van der Waals surface area contributed by atoms with Gasteiger partial charge in [-0.1, -0.05) is 115 Å². The molecule has 10 rings (SSSR count). The molecule has 0 saturated carbocycles. The molecule has 0 aliphatic rings. The molecule has 0 aliphatic carbocycles. The molecule has 0 amide bonds. The molecule has 10 aromatic rings.